The van der Waals surface area contributed by atoms with E-state index in [1.54, 1.807) is 6.92 Å². The van der Waals surface area contributed by atoms with Crippen molar-refractivity contribution in [3.05, 3.63) is 80.7 Å². The Balaban J connectivity index is 1.76. The highest BCUT2D eigenvalue weighted by Crippen LogP contribution is 2.35. The molecule has 1 N–H and O–H groups in total. The number of aryl methyl sites for hydroxylation is 4. The highest BCUT2D eigenvalue weighted by atomic mass is 32.1. The fourth-order valence-electron chi connectivity index (χ4n) is 3.69. The molecule has 0 saturated heterocycles. The topological polar surface area (TPSA) is 64.0 Å². The van der Waals surface area contributed by atoms with Gasteiger partial charge in [-0.15, -0.1) is 11.3 Å². The van der Waals surface area contributed by atoms with E-state index < -0.39 is 6.04 Å². The average Bonchev–Trinajstić information content (AvgIpc) is 3.08. The normalized spacial score (nSPS) is 12.2. The average molecular weight is 432 g/mol. The first-order valence-corrected chi connectivity index (χ1v) is 11.0. The van der Waals surface area contributed by atoms with Gasteiger partial charge in [-0.3, -0.25) is 14.2 Å². The molecule has 0 aliphatic rings. The molecule has 5 nitrogen and oxygen atoms in total. The summed E-state index contributed by atoms with van der Waals surface area (Å²) in [6, 6.07) is 13.3. The van der Waals surface area contributed by atoms with Crippen LogP contribution < -0.4 is 10.9 Å². The lowest BCUT2D eigenvalue weighted by molar-refractivity contribution is -0.118. The van der Waals surface area contributed by atoms with Gasteiger partial charge >= 0.3 is 0 Å². The fraction of sp³-hybridized carbons (Fsp3) is 0.240. The molecule has 0 spiro atoms. The Kier molecular flexibility index (Phi) is 5.50. The number of hydrogen-bond acceptors (Lipinski definition) is 4. The van der Waals surface area contributed by atoms with Crippen LogP contribution in [0.3, 0.4) is 0 Å². The van der Waals surface area contributed by atoms with Gasteiger partial charge in [0.1, 0.15) is 10.9 Å². The van der Waals surface area contributed by atoms with Crippen molar-refractivity contribution in [2.24, 2.45) is 0 Å². The maximum absolute atomic E-state index is 13.5. The van der Waals surface area contributed by atoms with Crippen molar-refractivity contribution in [1.82, 2.24) is 9.55 Å². The summed E-state index contributed by atoms with van der Waals surface area (Å²) < 4.78 is 1.42. The van der Waals surface area contributed by atoms with Crippen LogP contribution in [0.4, 0.5) is 5.69 Å². The molecule has 0 radical (unpaired) electrons. The van der Waals surface area contributed by atoms with E-state index in [9.17, 15) is 9.59 Å². The molecule has 31 heavy (non-hydrogen) atoms. The molecule has 1 amide bonds. The molecule has 0 aliphatic carbocycles. The zero-order chi connectivity index (χ0) is 22.3. The Morgan fingerprint density at radius 3 is 2.42 bits per heavy atom. The predicted octanol–water partition coefficient (Wildman–Crippen LogP) is 5.56. The van der Waals surface area contributed by atoms with E-state index in [0.717, 1.165) is 38.4 Å². The van der Waals surface area contributed by atoms with Crippen LogP contribution in [0.2, 0.25) is 0 Å². The maximum atomic E-state index is 13.5. The lowest BCUT2D eigenvalue weighted by atomic mass is 10.0. The van der Waals surface area contributed by atoms with Crippen molar-refractivity contribution in [1.29, 1.82) is 0 Å². The van der Waals surface area contributed by atoms with Crippen LogP contribution in [0.25, 0.3) is 21.3 Å². The summed E-state index contributed by atoms with van der Waals surface area (Å²) in [5, 5.41) is 3.53. The predicted molar refractivity (Wildman–Crippen MR) is 128 cm³/mol. The lowest BCUT2D eigenvalue weighted by Crippen LogP contribution is -2.32. The van der Waals surface area contributed by atoms with E-state index >= 15 is 0 Å². The molecule has 0 aliphatic heterocycles. The monoisotopic (exact) mass is 431 g/mol. The highest BCUT2D eigenvalue weighted by molar-refractivity contribution is 7.19. The number of hydrogen-bond donors (Lipinski definition) is 1. The second-order valence-corrected chi connectivity index (χ2v) is 9.22. The first-order valence-electron chi connectivity index (χ1n) is 10.2. The number of nitrogens with zero attached hydrogens (tertiary/aromatic N) is 2. The largest absolute Gasteiger partial charge is 0.324 e. The fourth-order valence-corrected chi connectivity index (χ4v) is 4.70. The Labute approximate surface area is 185 Å². The summed E-state index contributed by atoms with van der Waals surface area (Å²) in [5.41, 5.74) is 5.63. The smallest absolute Gasteiger partial charge is 0.263 e. The number of aromatic nitrogens is 2. The summed E-state index contributed by atoms with van der Waals surface area (Å²) in [4.78, 5) is 32.7. The van der Waals surface area contributed by atoms with Crippen molar-refractivity contribution in [3.63, 3.8) is 0 Å². The van der Waals surface area contributed by atoms with Crippen LogP contribution in [-0.2, 0) is 4.79 Å². The van der Waals surface area contributed by atoms with E-state index in [2.05, 4.69) is 10.3 Å². The van der Waals surface area contributed by atoms with Gasteiger partial charge in [-0.05, 0) is 57.4 Å². The molecule has 4 rings (SSSR count). The van der Waals surface area contributed by atoms with Crippen LogP contribution in [0, 0.1) is 27.7 Å². The van der Waals surface area contributed by atoms with Gasteiger partial charge in [0, 0.05) is 16.1 Å². The van der Waals surface area contributed by atoms with Gasteiger partial charge < -0.3 is 5.32 Å². The van der Waals surface area contributed by atoms with Crippen molar-refractivity contribution in [2.75, 3.05) is 5.32 Å². The van der Waals surface area contributed by atoms with Gasteiger partial charge in [-0.2, -0.15) is 0 Å². The quantitative estimate of drug-likeness (QED) is 0.460. The van der Waals surface area contributed by atoms with Gasteiger partial charge in [0.15, 0.2) is 0 Å². The first kappa shape index (κ1) is 21.0. The van der Waals surface area contributed by atoms with Crippen molar-refractivity contribution < 1.29 is 4.79 Å². The van der Waals surface area contributed by atoms with Crippen LogP contribution in [0.1, 0.15) is 34.5 Å². The van der Waals surface area contributed by atoms with Gasteiger partial charge in [-0.25, -0.2) is 4.98 Å². The molecule has 2 aromatic carbocycles. The minimum Gasteiger partial charge on any atom is -0.324 e. The third kappa shape index (κ3) is 3.91. The molecule has 1 atom stereocenters. The number of carbonyl (C=O) groups excluding carboxylic acids is 1. The number of rotatable bonds is 4. The molecular weight excluding hydrogens is 406 g/mol. The standard InChI is InChI=1S/C25H25N3O2S/c1-14-7-10-19(11-8-14)21-18(5)31-24-22(21)25(30)28(13-26-24)17(4)23(29)27-20-12-15(2)6-9-16(20)3/h6-13,17H,1-5H3,(H,27,29). The van der Waals surface area contributed by atoms with Crippen LogP contribution in [0.5, 0.6) is 0 Å². The van der Waals surface area contributed by atoms with Crippen LogP contribution >= 0.6 is 11.3 Å². The van der Waals surface area contributed by atoms with E-state index in [4.69, 9.17) is 0 Å². The molecule has 0 bridgehead atoms. The summed E-state index contributed by atoms with van der Waals surface area (Å²) in [6.45, 7) is 9.68. The molecule has 0 fully saturated rings. The molecule has 0 saturated carbocycles. The van der Waals surface area contributed by atoms with Crippen molar-refractivity contribution in [3.8, 4) is 11.1 Å². The number of anilines is 1. The van der Waals surface area contributed by atoms with Gasteiger partial charge in [0.2, 0.25) is 5.91 Å². The molecular formula is C25H25N3O2S. The van der Waals surface area contributed by atoms with Gasteiger partial charge in [0.05, 0.1) is 11.7 Å². The van der Waals surface area contributed by atoms with E-state index in [1.807, 2.05) is 70.2 Å². The number of fused-ring (bicyclic) bond motifs is 1. The summed E-state index contributed by atoms with van der Waals surface area (Å²) in [5.74, 6) is -0.249. The van der Waals surface area contributed by atoms with Gasteiger partial charge in [-0.1, -0.05) is 42.0 Å². The van der Waals surface area contributed by atoms with Gasteiger partial charge in [0.25, 0.3) is 5.56 Å². The molecule has 6 heteroatoms. The molecule has 158 valence electrons. The number of amides is 1. The van der Waals surface area contributed by atoms with Crippen LogP contribution in [0.15, 0.2) is 53.6 Å². The Morgan fingerprint density at radius 2 is 1.71 bits per heavy atom. The first-order chi connectivity index (χ1) is 14.8. The zero-order valence-electron chi connectivity index (χ0n) is 18.3. The number of nitrogens with one attached hydrogen (secondary N) is 1. The Bertz CT molecular complexity index is 1350. The summed E-state index contributed by atoms with van der Waals surface area (Å²) in [6.07, 6.45) is 1.48. The van der Waals surface area contributed by atoms with Crippen molar-refractivity contribution in [2.45, 2.75) is 40.7 Å². The Hall–Kier alpha value is -3.25. The summed E-state index contributed by atoms with van der Waals surface area (Å²) >= 11 is 1.50. The molecule has 2 aromatic heterocycles. The number of thiophene rings is 1. The van der Waals surface area contributed by atoms with E-state index in [-0.39, 0.29) is 11.5 Å². The minimum absolute atomic E-state index is 0.200. The highest BCUT2D eigenvalue weighted by Gasteiger charge is 2.22. The SMILES string of the molecule is Cc1ccc(-c2c(C)sc3ncn(C(C)C(=O)Nc4cc(C)ccc4C)c(=O)c23)cc1. The lowest BCUT2D eigenvalue weighted by Gasteiger charge is -2.16. The maximum Gasteiger partial charge on any atom is 0.263 e. The molecule has 2 heterocycles. The second-order valence-electron chi connectivity index (χ2n) is 8.02. The third-order valence-electron chi connectivity index (χ3n) is 5.60. The third-order valence-corrected chi connectivity index (χ3v) is 6.61. The number of benzene rings is 2. The number of carbonyl (C=O) groups is 1. The van der Waals surface area contributed by atoms with E-state index in [1.165, 1.54) is 22.2 Å². The van der Waals surface area contributed by atoms with E-state index in [0.29, 0.717) is 10.2 Å². The molecule has 4 aromatic rings. The summed E-state index contributed by atoms with van der Waals surface area (Å²) in [7, 11) is 0. The molecule has 1 unspecified atom stereocenters. The van der Waals surface area contributed by atoms with Crippen LogP contribution in [-0.4, -0.2) is 15.5 Å². The Morgan fingerprint density at radius 1 is 1.03 bits per heavy atom. The minimum atomic E-state index is -0.699. The van der Waals surface area contributed by atoms with Crippen molar-refractivity contribution >= 4 is 33.1 Å². The second kappa shape index (κ2) is 8.12. The zero-order valence-corrected chi connectivity index (χ0v) is 19.1.